The number of aryl methyl sites for hydroxylation is 2. The van der Waals surface area contributed by atoms with E-state index >= 15 is 0 Å². The average Bonchev–Trinajstić information content (AvgIpc) is 2.37. The summed E-state index contributed by atoms with van der Waals surface area (Å²) in [5, 5.41) is 0. The molecule has 0 saturated heterocycles. The monoisotopic (exact) mass is 277 g/mol. The second kappa shape index (κ2) is 6.26. The van der Waals surface area contributed by atoms with Gasteiger partial charge in [-0.1, -0.05) is 19.9 Å². The maximum Gasteiger partial charge on any atom is 0.128 e. The highest BCUT2D eigenvalue weighted by molar-refractivity contribution is 5.34. The van der Waals surface area contributed by atoms with Gasteiger partial charge < -0.3 is 5.73 Å². The van der Waals surface area contributed by atoms with Gasteiger partial charge in [-0.2, -0.15) is 0 Å². The summed E-state index contributed by atoms with van der Waals surface area (Å²) < 4.78 is 14.2. The van der Waals surface area contributed by atoms with E-state index in [9.17, 15) is 4.39 Å². The van der Waals surface area contributed by atoms with Crippen LogP contribution in [0.2, 0.25) is 0 Å². The molecule has 2 rings (SSSR count). The first-order valence-corrected chi connectivity index (χ1v) is 7.92. The van der Waals surface area contributed by atoms with Crippen LogP contribution in [0.15, 0.2) is 12.1 Å². The van der Waals surface area contributed by atoms with E-state index in [1.165, 1.54) is 12.8 Å². The lowest BCUT2D eigenvalue weighted by molar-refractivity contribution is 0.202. The van der Waals surface area contributed by atoms with Gasteiger partial charge in [-0.15, -0.1) is 0 Å². The Morgan fingerprint density at radius 2 is 1.60 bits per heavy atom. The Hall–Kier alpha value is -0.890. The summed E-state index contributed by atoms with van der Waals surface area (Å²) in [5.41, 5.74) is 9.12. The fourth-order valence-corrected chi connectivity index (χ4v) is 3.76. The maximum absolute atomic E-state index is 14.2. The second-order valence-electron chi connectivity index (χ2n) is 6.92. The molecule has 2 heteroatoms. The van der Waals surface area contributed by atoms with Crippen molar-refractivity contribution in [3.8, 4) is 0 Å². The zero-order valence-electron chi connectivity index (χ0n) is 13.2. The third-order valence-electron chi connectivity index (χ3n) is 5.08. The lowest BCUT2D eigenvalue weighted by atomic mass is 9.73. The van der Waals surface area contributed by atoms with Gasteiger partial charge in [0.1, 0.15) is 5.82 Å². The maximum atomic E-state index is 14.2. The first-order chi connectivity index (χ1) is 9.40. The van der Waals surface area contributed by atoms with Crippen molar-refractivity contribution in [3.05, 3.63) is 34.6 Å². The summed E-state index contributed by atoms with van der Waals surface area (Å²) in [4.78, 5) is 0. The lowest BCUT2D eigenvalue weighted by Crippen LogP contribution is -2.28. The molecule has 0 spiro atoms. The van der Waals surface area contributed by atoms with E-state index in [0.29, 0.717) is 5.92 Å². The summed E-state index contributed by atoms with van der Waals surface area (Å²) in [6.07, 6.45) is 4.75. The van der Waals surface area contributed by atoms with E-state index in [1.807, 2.05) is 19.9 Å². The molecule has 0 bridgehead atoms. The number of halogens is 1. The number of benzene rings is 1. The molecular weight excluding hydrogens is 249 g/mol. The van der Waals surface area contributed by atoms with Crippen LogP contribution in [0, 0.1) is 37.4 Å². The zero-order valence-corrected chi connectivity index (χ0v) is 13.2. The van der Waals surface area contributed by atoms with Crippen LogP contribution in [0.4, 0.5) is 4.39 Å². The minimum absolute atomic E-state index is 0.124. The van der Waals surface area contributed by atoms with Crippen LogP contribution in [0.5, 0.6) is 0 Å². The molecule has 0 aromatic heterocycles. The molecule has 1 saturated carbocycles. The molecule has 1 aromatic rings. The first kappa shape index (κ1) is 15.5. The Morgan fingerprint density at radius 1 is 1.05 bits per heavy atom. The average molecular weight is 277 g/mol. The number of hydrogen-bond acceptors (Lipinski definition) is 1. The van der Waals surface area contributed by atoms with Crippen molar-refractivity contribution in [2.45, 2.75) is 59.4 Å². The summed E-state index contributed by atoms with van der Waals surface area (Å²) in [6, 6.07) is 3.50. The van der Waals surface area contributed by atoms with E-state index in [4.69, 9.17) is 5.73 Å². The van der Waals surface area contributed by atoms with Gasteiger partial charge in [-0.25, -0.2) is 4.39 Å². The summed E-state index contributed by atoms with van der Waals surface area (Å²) in [6.45, 7) is 8.51. The third kappa shape index (κ3) is 3.22. The van der Waals surface area contributed by atoms with Crippen LogP contribution in [0.1, 0.15) is 62.3 Å². The van der Waals surface area contributed by atoms with Gasteiger partial charge in [0, 0.05) is 11.6 Å². The molecule has 1 unspecified atom stereocenters. The predicted octanol–water partition coefficient (Wildman–Crippen LogP) is 4.90. The van der Waals surface area contributed by atoms with Crippen LogP contribution in [0.3, 0.4) is 0 Å². The first-order valence-electron chi connectivity index (χ1n) is 7.92. The quantitative estimate of drug-likeness (QED) is 0.835. The van der Waals surface area contributed by atoms with Crippen LogP contribution >= 0.6 is 0 Å². The Balaban J connectivity index is 2.11. The molecular formula is C18H28FN. The highest BCUT2D eigenvalue weighted by atomic mass is 19.1. The van der Waals surface area contributed by atoms with E-state index in [2.05, 4.69) is 13.8 Å². The van der Waals surface area contributed by atoms with Crippen LogP contribution in [-0.4, -0.2) is 0 Å². The van der Waals surface area contributed by atoms with Crippen molar-refractivity contribution in [2.75, 3.05) is 0 Å². The van der Waals surface area contributed by atoms with Crippen LogP contribution < -0.4 is 5.73 Å². The van der Waals surface area contributed by atoms with Crippen LogP contribution in [-0.2, 0) is 0 Å². The molecule has 1 aliphatic carbocycles. The van der Waals surface area contributed by atoms with Crippen molar-refractivity contribution in [3.63, 3.8) is 0 Å². The number of rotatable bonds is 3. The summed E-state index contributed by atoms with van der Waals surface area (Å²) in [7, 11) is 0. The van der Waals surface area contributed by atoms with Crippen molar-refractivity contribution >= 4 is 0 Å². The molecule has 20 heavy (non-hydrogen) atoms. The molecule has 2 N–H and O–H groups in total. The molecule has 1 aromatic carbocycles. The molecule has 1 aliphatic rings. The molecule has 1 fully saturated rings. The fourth-order valence-electron chi connectivity index (χ4n) is 3.76. The highest BCUT2D eigenvalue weighted by Gasteiger charge is 2.29. The Kier molecular flexibility index (Phi) is 4.85. The van der Waals surface area contributed by atoms with Crippen molar-refractivity contribution < 1.29 is 4.39 Å². The molecule has 0 radical (unpaired) electrons. The van der Waals surface area contributed by atoms with E-state index in [1.54, 1.807) is 6.07 Å². The van der Waals surface area contributed by atoms with Gasteiger partial charge in [-0.3, -0.25) is 0 Å². The third-order valence-corrected chi connectivity index (χ3v) is 5.08. The molecule has 0 amide bonds. The molecule has 1 atom stereocenters. The largest absolute Gasteiger partial charge is 0.324 e. The zero-order chi connectivity index (χ0) is 14.9. The Labute approximate surface area is 122 Å². The number of hydrogen-bond donors (Lipinski definition) is 1. The van der Waals surface area contributed by atoms with Gasteiger partial charge in [0.05, 0.1) is 0 Å². The number of nitrogens with two attached hydrogens (primary N) is 1. The predicted molar refractivity (Wildman–Crippen MR) is 83.1 cm³/mol. The van der Waals surface area contributed by atoms with Gasteiger partial charge in [0.15, 0.2) is 0 Å². The topological polar surface area (TPSA) is 26.0 Å². The minimum Gasteiger partial charge on any atom is -0.324 e. The van der Waals surface area contributed by atoms with E-state index < -0.39 is 0 Å². The van der Waals surface area contributed by atoms with Crippen LogP contribution in [0.25, 0.3) is 0 Å². The SMILES string of the molecule is Cc1cc(C)c(C(N)C2CCC(C(C)C)CC2)c(F)c1. The Morgan fingerprint density at radius 3 is 2.10 bits per heavy atom. The minimum atomic E-state index is -0.149. The fraction of sp³-hybridized carbons (Fsp3) is 0.667. The summed E-state index contributed by atoms with van der Waals surface area (Å²) >= 11 is 0. The van der Waals surface area contributed by atoms with Gasteiger partial charge in [-0.05, 0) is 74.5 Å². The second-order valence-corrected chi connectivity index (χ2v) is 6.92. The molecule has 1 nitrogen and oxygen atoms in total. The standard InChI is InChI=1S/C18H28FN/c1-11(2)14-5-7-15(8-6-14)18(20)17-13(4)9-12(3)10-16(17)19/h9-11,14-15,18H,5-8,20H2,1-4H3. The van der Waals surface area contributed by atoms with Crippen molar-refractivity contribution in [1.29, 1.82) is 0 Å². The highest BCUT2D eigenvalue weighted by Crippen LogP contribution is 2.39. The lowest BCUT2D eigenvalue weighted by Gasteiger charge is -2.34. The molecule has 0 heterocycles. The molecule has 112 valence electrons. The Bertz CT molecular complexity index is 435. The van der Waals surface area contributed by atoms with E-state index in [-0.39, 0.29) is 11.9 Å². The van der Waals surface area contributed by atoms with Crippen molar-refractivity contribution in [2.24, 2.45) is 23.5 Å². The molecule has 0 aliphatic heterocycles. The van der Waals surface area contributed by atoms with Crippen molar-refractivity contribution in [1.82, 2.24) is 0 Å². The normalized spacial score (nSPS) is 24.9. The smallest absolute Gasteiger partial charge is 0.128 e. The van der Waals surface area contributed by atoms with Gasteiger partial charge in [0.2, 0.25) is 0 Å². The summed E-state index contributed by atoms with van der Waals surface area (Å²) in [5.74, 6) is 1.88. The van der Waals surface area contributed by atoms with E-state index in [0.717, 1.165) is 41.4 Å². The van der Waals surface area contributed by atoms with Gasteiger partial charge >= 0.3 is 0 Å². The van der Waals surface area contributed by atoms with Gasteiger partial charge in [0.25, 0.3) is 0 Å².